The van der Waals surface area contributed by atoms with Crippen LogP contribution in [0.4, 0.5) is 0 Å². The molecule has 0 radical (unpaired) electrons. The van der Waals surface area contributed by atoms with Crippen LogP contribution in [0.25, 0.3) is 11.0 Å². The predicted octanol–water partition coefficient (Wildman–Crippen LogP) is 5.57. The van der Waals surface area contributed by atoms with Crippen LogP contribution in [0.5, 0.6) is 17.2 Å². The van der Waals surface area contributed by atoms with Crippen LogP contribution in [0.2, 0.25) is 5.02 Å². The number of fused-ring (bicyclic) bond motifs is 1. The largest absolute Gasteiger partial charge is 0.507 e. The first-order valence-corrected chi connectivity index (χ1v) is 12.0. The quantitative estimate of drug-likeness (QED) is 0.264. The van der Waals surface area contributed by atoms with Gasteiger partial charge in [0.2, 0.25) is 0 Å². The summed E-state index contributed by atoms with van der Waals surface area (Å²) in [5, 5.41) is 10.8. The van der Waals surface area contributed by atoms with Gasteiger partial charge in [-0.15, -0.1) is 12.4 Å². The molecule has 3 rings (SSSR count). The molecule has 0 spiro atoms. The van der Waals surface area contributed by atoms with Crippen molar-refractivity contribution in [1.29, 1.82) is 0 Å². The van der Waals surface area contributed by atoms with Gasteiger partial charge in [-0.3, -0.25) is 4.79 Å². The van der Waals surface area contributed by atoms with Gasteiger partial charge < -0.3 is 28.6 Å². The van der Waals surface area contributed by atoms with Crippen LogP contribution in [-0.4, -0.2) is 56.9 Å². The summed E-state index contributed by atoms with van der Waals surface area (Å²) in [5.41, 5.74) is 2.07. The number of esters is 1. The van der Waals surface area contributed by atoms with E-state index in [4.69, 9.17) is 30.2 Å². The second kappa shape index (κ2) is 15.9. The Bertz CT molecular complexity index is 1280. The smallest absolute Gasteiger partial charge is 0.344 e. The zero-order valence-corrected chi connectivity index (χ0v) is 24.1. The van der Waals surface area contributed by atoms with Crippen molar-refractivity contribution in [2.75, 3.05) is 41.0 Å². The van der Waals surface area contributed by atoms with Crippen molar-refractivity contribution in [3.63, 3.8) is 0 Å². The lowest BCUT2D eigenvalue weighted by molar-refractivity contribution is -0.146. The Balaban J connectivity index is 0.000000375. The third-order valence-electron chi connectivity index (χ3n) is 5.07. The molecule has 0 saturated carbocycles. The van der Waals surface area contributed by atoms with Crippen molar-refractivity contribution in [1.82, 2.24) is 4.90 Å². The number of aryl methyl sites for hydroxylation is 1. The molecule has 0 unspecified atom stereocenters. The summed E-state index contributed by atoms with van der Waals surface area (Å²) in [6, 6.07) is 9.65. The van der Waals surface area contributed by atoms with Crippen molar-refractivity contribution >= 4 is 40.9 Å². The molecular formula is C28H35Cl2NO7. The number of likely N-dealkylation sites (N-methyl/N-ethyl adjacent to an activating group) is 1. The molecule has 208 valence electrons. The van der Waals surface area contributed by atoms with E-state index in [1.54, 1.807) is 31.2 Å². The van der Waals surface area contributed by atoms with Crippen molar-refractivity contribution in [3.05, 3.63) is 74.6 Å². The summed E-state index contributed by atoms with van der Waals surface area (Å²) in [4.78, 5) is 25.2. The zero-order valence-electron chi connectivity index (χ0n) is 22.5. The van der Waals surface area contributed by atoms with Gasteiger partial charge in [0.1, 0.15) is 40.6 Å². The second-order valence-corrected chi connectivity index (χ2v) is 9.19. The van der Waals surface area contributed by atoms with E-state index >= 15 is 0 Å². The maximum atomic E-state index is 12.0. The number of rotatable bonds is 9. The molecular weight excluding hydrogens is 533 g/mol. The molecule has 0 amide bonds. The first-order valence-electron chi connectivity index (χ1n) is 11.7. The van der Waals surface area contributed by atoms with E-state index in [1.165, 1.54) is 19.2 Å². The minimum absolute atomic E-state index is 0. The van der Waals surface area contributed by atoms with E-state index in [0.717, 1.165) is 11.1 Å². The van der Waals surface area contributed by atoms with Gasteiger partial charge >= 0.3 is 5.97 Å². The molecule has 1 heterocycles. The molecule has 10 heteroatoms. The second-order valence-electron chi connectivity index (χ2n) is 8.75. The molecule has 0 saturated heterocycles. The van der Waals surface area contributed by atoms with Gasteiger partial charge in [-0.2, -0.15) is 0 Å². The van der Waals surface area contributed by atoms with Crippen LogP contribution in [0, 0.1) is 6.92 Å². The van der Waals surface area contributed by atoms with E-state index in [-0.39, 0.29) is 41.5 Å². The van der Waals surface area contributed by atoms with E-state index in [2.05, 4.69) is 0 Å². The summed E-state index contributed by atoms with van der Waals surface area (Å²) < 4.78 is 21.2. The maximum absolute atomic E-state index is 12.0. The predicted molar refractivity (Wildman–Crippen MR) is 152 cm³/mol. The summed E-state index contributed by atoms with van der Waals surface area (Å²) in [6.45, 7) is 6.69. The number of aromatic hydroxyl groups is 1. The van der Waals surface area contributed by atoms with E-state index in [1.807, 2.05) is 38.9 Å². The van der Waals surface area contributed by atoms with Gasteiger partial charge in [0.05, 0.1) is 7.11 Å². The normalized spacial score (nSPS) is 10.2. The average Bonchev–Trinajstić information content (AvgIpc) is 2.82. The fourth-order valence-electron chi connectivity index (χ4n) is 3.20. The summed E-state index contributed by atoms with van der Waals surface area (Å²) in [5.74, 6) is 1.13. The number of halogens is 2. The number of methoxy groups -OCH3 is 1. The first-order chi connectivity index (χ1) is 17.5. The number of allylic oxidation sites excluding steroid dienone is 2. The van der Waals surface area contributed by atoms with Gasteiger partial charge in [0, 0.05) is 29.3 Å². The molecule has 0 fully saturated rings. The van der Waals surface area contributed by atoms with Gasteiger partial charge in [0.15, 0.2) is 12.0 Å². The van der Waals surface area contributed by atoms with Crippen molar-refractivity contribution in [2.45, 2.75) is 27.2 Å². The highest BCUT2D eigenvalue weighted by Gasteiger charge is 2.17. The van der Waals surface area contributed by atoms with Crippen LogP contribution in [0.1, 0.15) is 25.2 Å². The van der Waals surface area contributed by atoms with E-state index < -0.39 is 0 Å². The SMILES string of the molecule is CN(C)CCOC(=O)COc1ccc(Cl)cc1.COc1cc(O)c2c(=O)cc(C)oc2c1CC=C(C)C.Cl. The van der Waals surface area contributed by atoms with Crippen molar-refractivity contribution < 1.29 is 28.5 Å². The van der Waals surface area contributed by atoms with Crippen molar-refractivity contribution in [2.24, 2.45) is 0 Å². The van der Waals surface area contributed by atoms with Gasteiger partial charge in [-0.1, -0.05) is 23.3 Å². The fourth-order valence-corrected chi connectivity index (χ4v) is 3.32. The Morgan fingerprint density at radius 1 is 1.16 bits per heavy atom. The van der Waals surface area contributed by atoms with Gasteiger partial charge in [-0.05, 0) is 65.6 Å². The topological polar surface area (TPSA) is 98.4 Å². The average molecular weight is 568 g/mol. The number of benzene rings is 2. The monoisotopic (exact) mass is 567 g/mol. The third kappa shape index (κ3) is 10.3. The molecule has 0 atom stereocenters. The summed E-state index contributed by atoms with van der Waals surface area (Å²) in [7, 11) is 5.36. The van der Waals surface area contributed by atoms with Crippen LogP contribution in [0.15, 0.2) is 57.3 Å². The molecule has 2 aromatic carbocycles. The maximum Gasteiger partial charge on any atom is 0.344 e. The Labute approximate surface area is 234 Å². The number of carbonyl (C=O) groups is 1. The van der Waals surface area contributed by atoms with Crippen molar-refractivity contribution in [3.8, 4) is 17.2 Å². The molecule has 8 nitrogen and oxygen atoms in total. The van der Waals surface area contributed by atoms with Crippen LogP contribution in [-0.2, 0) is 16.0 Å². The molecule has 1 N–H and O–H groups in total. The molecule has 0 bridgehead atoms. The Morgan fingerprint density at radius 2 is 1.82 bits per heavy atom. The van der Waals surface area contributed by atoms with Crippen LogP contribution >= 0.6 is 24.0 Å². The molecule has 3 aromatic rings. The zero-order chi connectivity index (χ0) is 27.5. The standard InChI is InChI=1S/C16H18O4.C12H16ClNO3.ClH/c1-9(2)5-6-11-14(19-4)8-13(18)15-12(17)7-10(3)20-16(11)15;1-14(2)7-8-16-12(15)9-17-11-5-3-10(13)4-6-11;/h5,7-8,18H,6H2,1-4H3;3-6H,7-9H2,1-2H3;1H. The van der Waals surface area contributed by atoms with Gasteiger partial charge in [-0.25, -0.2) is 4.79 Å². The number of phenols is 1. The number of nitrogens with zero attached hydrogens (tertiary/aromatic N) is 1. The van der Waals surface area contributed by atoms with E-state index in [0.29, 0.717) is 47.4 Å². The Morgan fingerprint density at radius 3 is 2.39 bits per heavy atom. The number of ether oxygens (including phenoxy) is 3. The highest BCUT2D eigenvalue weighted by atomic mass is 35.5. The fraction of sp³-hybridized carbons (Fsp3) is 0.357. The molecule has 38 heavy (non-hydrogen) atoms. The lowest BCUT2D eigenvalue weighted by Gasteiger charge is -2.11. The third-order valence-corrected chi connectivity index (χ3v) is 5.32. The minimum Gasteiger partial charge on any atom is -0.507 e. The van der Waals surface area contributed by atoms with Gasteiger partial charge in [0.25, 0.3) is 0 Å². The lowest BCUT2D eigenvalue weighted by Crippen LogP contribution is -2.22. The number of phenolic OH excluding ortho intramolecular Hbond substituents is 1. The van der Waals surface area contributed by atoms with E-state index in [9.17, 15) is 14.7 Å². The molecule has 0 aliphatic carbocycles. The first kappa shape index (κ1) is 32.8. The molecule has 0 aliphatic heterocycles. The Hall–Kier alpha value is -3.20. The Kier molecular flexibility index (Phi) is 13.7. The minimum atomic E-state index is -0.373. The summed E-state index contributed by atoms with van der Waals surface area (Å²) >= 11 is 5.72. The molecule has 0 aliphatic rings. The number of hydrogen-bond donors (Lipinski definition) is 1. The lowest BCUT2D eigenvalue weighted by atomic mass is 10.0. The van der Waals surface area contributed by atoms with Crippen LogP contribution < -0.4 is 14.9 Å². The highest BCUT2D eigenvalue weighted by molar-refractivity contribution is 6.30. The number of hydrogen-bond acceptors (Lipinski definition) is 8. The molecule has 1 aromatic heterocycles. The van der Waals surface area contributed by atoms with Crippen LogP contribution in [0.3, 0.4) is 0 Å². The summed E-state index contributed by atoms with van der Waals surface area (Å²) in [6.07, 6.45) is 2.60. The number of carbonyl (C=O) groups excluding carboxylic acids is 1. The highest BCUT2D eigenvalue weighted by Crippen LogP contribution is 2.34.